The topological polar surface area (TPSA) is 118 Å². The Hall–Kier alpha value is -4.90. The second kappa shape index (κ2) is 15.8. The van der Waals surface area contributed by atoms with Crippen molar-refractivity contribution in [2.45, 2.75) is 6.92 Å². The molecule has 2 amide bonds. The van der Waals surface area contributed by atoms with E-state index in [9.17, 15) is 19.2 Å². The highest BCUT2D eigenvalue weighted by Crippen LogP contribution is 2.40. The molecule has 2 aromatic heterocycles. The van der Waals surface area contributed by atoms with Crippen molar-refractivity contribution in [2.75, 3.05) is 18.0 Å². The number of aryl methyl sites for hydroxylation is 1. The molecule has 7 rings (SSSR count). The Labute approximate surface area is 337 Å². The fourth-order valence-electron chi connectivity index (χ4n) is 5.66. The first-order valence-corrected chi connectivity index (χ1v) is 20.2. The minimum atomic E-state index is -1.12. The molecular formula is C39H27N3O6S6. The number of amides is 2. The molecule has 9 nitrogen and oxygen atoms in total. The number of thiophene rings is 2. The van der Waals surface area contributed by atoms with Crippen molar-refractivity contribution in [1.29, 1.82) is 0 Å². The predicted molar refractivity (Wildman–Crippen MR) is 228 cm³/mol. The van der Waals surface area contributed by atoms with Crippen molar-refractivity contribution in [3.8, 4) is 20.9 Å². The Kier molecular flexibility index (Phi) is 11.0. The van der Waals surface area contributed by atoms with Gasteiger partial charge in [-0.3, -0.25) is 29.0 Å². The highest BCUT2D eigenvalue weighted by Gasteiger charge is 2.34. The van der Waals surface area contributed by atoms with Gasteiger partial charge in [-0.15, -0.1) is 22.7 Å². The number of thiocarbonyl (C=S) groups is 2. The zero-order chi connectivity index (χ0) is 38.1. The Morgan fingerprint density at radius 2 is 0.981 bits per heavy atom. The van der Waals surface area contributed by atoms with E-state index < -0.39 is 36.8 Å². The van der Waals surface area contributed by atoms with Crippen LogP contribution in [0.5, 0.6) is 0 Å². The molecule has 0 saturated carbocycles. The van der Waals surface area contributed by atoms with Gasteiger partial charge in [0.1, 0.15) is 21.7 Å². The summed E-state index contributed by atoms with van der Waals surface area (Å²) in [4.78, 5) is 56.7. The number of carboxylic acids is 2. The van der Waals surface area contributed by atoms with Crippen LogP contribution >= 0.6 is 70.6 Å². The van der Waals surface area contributed by atoms with Crippen LogP contribution in [0, 0.1) is 6.92 Å². The van der Waals surface area contributed by atoms with Crippen LogP contribution in [-0.2, 0) is 19.2 Å². The average molecular weight is 826 g/mol. The SMILES string of the molecule is Cc1ccc(N(c2ccc(-c3ccc(C=C4SC(=S)N(CC(=O)O)C4=O)s3)cc2)c2ccc(-c3ccc(C=C4SC(=S)N(CC(=O)O)C4=O)s3)cc2)cc1. The Bertz CT molecular complexity index is 2250. The molecular weight excluding hydrogens is 799 g/mol. The lowest BCUT2D eigenvalue weighted by atomic mass is 10.1. The highest BCUT2D eigenvalue weighted by atomic mass is 32.2. The zero-order valence-corrected chi connectivity index (χ0v) is 33.0. The fraction of sp³-hybridized carbons (Fsp3) is 0.0769. The van der Waals surface area contributed by atoms with Crippen LogP contribution < -0.4 is 4.90 Å². The minimum absolute atomic E-state index is 0.236. The molecule has 0 spiro atoms. The third kappa shape index (κ3) is 8.11. The van der Waals surface area contributed by atoms with Crippen LogP contribution in [0.4, 0.5) is 17.1 Å². The van der Waals surface area contributed by atoms with E-state index in [1.165, 1.54) is 22.7 Å². The van der Waals surface area contributed by atoms with Gasteiger partial charge in [-0.2, -0.15) is 0 Å². The number of aliphatic carboxylic acids is 2. The number of rotatable bonds is 11. The second-order valence-corrected chi connectivity index (χ2v) is 17.6. The van der Waals surface area contributed by atoms with Gasteiger partial charge in [0.15, 0.2) is 0 Å². The van der Waals surface area contributed by atoms with Crippen molar-refractivity contribution in [2.24, 2.45) is 0 Å². The van der Waals surface area contributed by atoms with E-state index in [0.717, 1.165) is 86.6 Å². The average Bonchev–Trinajstić information content (AvgIpc) is 3.93. The maximum atomic E-state index is 12.7. The fourth-order valence-corrected chi connectivity index (χ4v) is 10.2. The molecule has 15 heteroatoms. The third-order valence-electron chi connectivity index (χ3n) is 8.25. The van der Waals surface area contributed by atoms with Gasteiger partial charge in [0, 0.05) is 36.6 Å². The molecule has 2 fully saturated rings. The molecule has 4 heterocycles. The normalized spacial score (nSPS) is 15.9. The molecule has 270 valence electrons. The van der Waals surface area contributed by atoms with Crippen LogP contribution in [0.2, 0.25) is 0 Å². The summed E-state index contributed by atoms with van der Waals surface area (Å²) in [5.41, 5.74) is 6.11. The number of anilines is 3. The van der Waals surface area contributed by atoms with E-state index in [-0.39, 0.29) is 8.64 Å². The number of carbonyl (C=O) groups is 4. The summed E-state index contributed by atoms with van der Waals surface area (Å²) in [6.07, 6.45) is 3.51. The van der Waals surface area contributed by atoms with Crippen LogP contribution in [0.25, 0.3) is 33.0 Å². The predicted octanol–water partition coefficient (Wildman–Crippen LogP) is 9.49. The van der Waals surface area contributed by atoms with E-state index in [1.54, 1.807) is 12.2 Å². The van der Waals surface area contributed by atoms with Crippen LogP contribution in [0.3, 0.4) is 0 Å². The number of benzene rings is 3. The Morgan fingerprint density at radius 3 is 1.35 bits per heavy atom. The smallest absolute Gasteiger partial charge is 0.323 e. The molecule has 2 N–H and O–H groups in total. The first-order chi connectivity index (χ1) is 25.9. The molecule has 54 heavy (non-hydrogen) atoms. The van der Waals surface area contributed by atoms with Crippen molar-refractivity contribution >= 4 is 132 Å². The molecule has 0 unspecified atom stereocenters. The van der Waals surface area contributed by atoms with E-state index in [0.29, 0.717) is 9.81 Å². The highest BCUT2D eigenvalue weighted by molar-refractivity contribution is 8.27. The van der Waals surface area contributed by atoms with Gasteiger partial charge in [0.05, 0.1) is 9.81 Å². The summed E-state index contributed by atoms with van der Waals surface area (Å²) < 4.78 is 0.471. The third-order valence-corrected chi connectivity index (χ3v) is 13.2. The molecule has 2 aliphatic rings. The molecule has 2 aliphatic heterocycles. The van der Waals surface area contributed by atoms with Gasteiger partial charge in [0.25, 0.3) is 11.8 Å². The van der Waals surface area contributed by atoms with Gasteiger partial charge in [-0.1, -0.05) is 89.9 Å². The number of hydrogen-bond donors (Lipinski definition) is 2. The van der Waals surface area contributed by atoms with Gasteiger partial charge >= 0.3 is 11.9 Å². The number of hydrogen-bond acceptors (Lipinski definition) is 11. The summed E-state index contributed by atoms with van der Waals surface area (Å²) in [7, 11) is 0. The van der Waals surface area contributed by atoms with E-state index in [2.05, 4.69) is 84.6 Å². The molecule has 0 radical (unpaired) electrons. The van der Waals surface area contributed by atoms with Crippen molar-refractivity contribution in [3.05, 3.63) is 122 Å². The standard InChI is InChI=1S/C39H27N3O6S6/c1-22-2-8-25(9-3-22)42(26-10-4-23(5-11-26)30-16-14-28(51-30)18-32-36(47)40(20-34(43)44)38(49)53-32)27-12-6-24(7-13-27)31-17-15-29(52-31)19-33-37(48)41(21-35(45)46)39(50)54-33/h2-19H,20-21H2,1H3,(H,43,44)(H,45,46). The lowest BCUT2D eigenvalue weighted by Gasteiger charge is -2.26. The van der Waals surface area contributed by atoms with Gasteiger partial charge < -0.3 is 15.1 Å². The molecule has 0 bridgehead atoms. The Morgan fingerprint density at radius 1 is 0.611 bits per heavy atom. The summed E-state index contributed by atoms with van der Waals surface area (Å²) in [6, 6.07) is 32.8. The lowest BCUT2D eigenvalue weighted by Crippen LogP contribution is -2.33. The van der Waals surface area contributed by atoms with Gasteiger partial charge in [0.2, 0.25) is 0 Å². The summed E-state index contributed by atoms with van der Waals surface area (Å²) in [5.74, 6) is -3.03. The molecule has 2 saturated heterocycles. The van der Waals surface area contributed by atoms with Crippen LogP contribution in [-0.4, -0.2) is 65.5 Å². The summed E-state index contributed by atoms with van der Waals surface area (Å²) in [5, 5.41) is 18.3. The minimum Gasteiger partial charge on any atom is -0.480 e. The van der Waals surface area contributed by atoms with Gasteiger partial charge in [-0.25, -0.2) is 0 Å². The monoisotopic (exact) mass is 825 g/mol. The maximum absolute atomic E-state index is 12.7. The first-order valence-electron chi connectivity index (χ1n) is 16.1. The van der Waals surface area contributed by atoms with Crippen molar-refractivity contribution in [3.63, 3.8) is 0 Å². The zero-order valence-electron chi connectivity index (χ0n) is 28.1. The van der Waals surface area contributed by atoms with Crippen molar-refractivity contribution < 1.29 is 29.4 Å². The van der Waals surface area contributed by atoms with Gasteiger partial charge in [-0.05, 0) is 90.9 Å². The maximum Gasteiger partial charge on any atom is 0.323 e. The molecule has 0 aliphatic carbocycles. The van der Waals surface area contributed by atoms with E-state index in [1.807, 2.05) is 24.3 Å². The number of nitrogens with zero attached hydrogens (tertiary/aromatic N) is 3. The van der Waals surface area contributed by atoms with Crippen LogP contribution in [0.1, 0.15) is 15.3 Å². The number of carbonyl (C=O) groups excluding carboxylic acids is 2. The number of thioether (sulfide) groups is 2. The van der Waals surface area contributed by atoms with E-state index in [4.69, 9.17) is 34.6 Å². The lowest BCUT2D eigenvalue weighted by molar-refractivity contribution is -0.140. The molecule has 0 atom stereocenters. The van der Waals surface area contributed by atoms with Crippen molar-refractivity contribution in [1.82, 2.24) is 9.80 Å². The first kappa shape index (κ1) is 37.4. The second-order valence-electron chi connectivity index (χ2n) is 12.0. The molecule has 3 aromatic carbocycles. The largest absolute Gasteiger partial charge is 0.480 e. The van der Waals surface area contributed by atoms with E-state index >= 15 is 0 Å². The number of carboxylic acid groups (broad SMARTS) is 2. The summed E-state index contributed by atoms with van der Waals surface area (Å²) >= 11 is 15.7. The van der Waals surface area contributed by atoms with Crippen LogP contribution in [0.15, 0.2) is 107 Å². The molecule has 5 aromatic rings. The summed E-state index contributed by atoms with van der Waals surface area (Å²) in [6.45, 7) is 1.14. The quantitative estimate of drug-likeness (QED) is 0.0980. The Balaban J connectivity index is 1.10.